The van der Waals surface area contributed by atoms with E-state index in [-0.39, 0.29) is 46.7 Å². The van der Waals surface area contributed by atoms with E-state index in [1.807, 2.05) is 31.3 Å². The average Bonchev–Trinajstić information content (AvgIpc) is 3.58. The number of anilines is 1. The second-order valence-electron chi connectivity index (χ2n) is 10.6. The van der Waals surface area contributed by atoms with Crippen LogP contribution < -0.4 is 4.90 Å². The molecule has 11 heteroatoms. The number of rotatable bonds is 7. The molecule has 0 radical (unpaired) electrons. The summed E-state index contributed by atoms with van der Waals surface area (Å²) >= 11 is 0. The van der Waals surface area contributed by atoms with Gasteiger partial charge >= 0.3 is 6.01 Å². The van der Waals surface area contributed by atoms with Gasteiger partial charge in [0.05, 0.1) is 4.90 Å². The molecule has 1 amide bonds. The molecule has 1 aromatic heterocycles. The number of likely N-dealkylation sites (tertiary alicyclic amines) is 1. The second-order valence-corrected chi connectivity index (χ2v) is 12.6. The Kier molecular flexibility index (Phi) is 7.35. The quantitative estimate of drug-likeness (QED) is 0.306. The molecule has 0 aliphatic carbocycles. The maximum atomic E-state index is 14.4. The van der Waals surface area contributed by atoms with Crippen LogP contribution in [0.25, 0.3) is 11.1 Å². The molecule has 1 atom stereocenters. The lowest BCUT2D eigenvalue weighted by Crippen LogP contribution is -2.36. The standard InChI is InChI=1S/C30H30F2N4O4S/c1-34-14-4-7-24(34)13-16-36(30-33-28-26(32)17-23(31)18-27(28)40-30)29(37)21-8-10-25(11-9-21)41(38,39)35-15-12-20-5-2-3-6-22(20)19-35/h2-3,5-6,8-11,17-18,24H,4,7,12-16,19H2,1H3. The molecule has 41 heavy (non-hydrogen) atoms. The summed E-state index contributed by atoms with van der Waals surface area (Å²) in [5.41, 5.74) is 2.08. The highest BCUT2D eigenvalue weighted by atomic mass is 32.2. The van der Waals surface area contributed by atoms with Crippen molar-refractivity contribution >= 4 is 33.0 Å². The van der Waals surface area contributed by atoms with Crippen LogP contribution in [0.2, 0.25) is 0 Å². The number of hydrogen-bond donors (Lipinski definition) is 0. The Morgan fingerprint density at radius 2 is 1.83 bits per heavy atom. The Hall–Kier alpha value is -3.67. The van der Waals surface area contributed by atoms with Gasteiger partial charge in [0, 0.05) is 43.4 Å². The van der Waals surface area contributed by atoms with Gasteiger partial charge in [-0.1, -0.05) is 24.3 Å². The molecule has 3 aromatic carbocycles. The Bertz CT molecular complexity index is 1710. The highest BCUT2D eigenvalue weighted by Gasteiger charge is 2.30. The van der Waals surface area contributed by atoms with Gasteiger partial charge in [0.15, 0.2) is 11.4 Å². The summed E-state index contributed by atoms with van der Waals surface area (Å²) in [6.45, 7) is 1.86. The summed E-state index contributed by atoms with van der Waals surface area (Å²) in [4.78, 5) is 21.6. The van der Waals surface area contributed by atoms with Crippen LogP contribution in [-0.4, -0.2) is 61.2 Å². The van der Waals surface area contributed by atoms with Crippen LogP contribution >= 0.6 is 0 Å². The molecule has 2 aliphatic heterocycles. The minimum Gasteiger partial charge on any atom is -0.423 e. The molecule has 0 N–H and O–H groups in total. The minimum absolute atomic E-state index is 0.0898. The number of aromatic nitrogens is 1. The van der Waals surface area contributed by atoms with Crippen molar-refractivity contribution in [1.82, 2.24) is 14.2 Å². The smallest absolute Gasteiger partial charge is 0.305 e. The maximum absolute atomic E-state index is 14.4. The molecule has 0 saturated carbocycles. The van der Waals surface area contributed by atoms with Crippen LogP contribution in [-0.2, 0) is 23.0 Å². The first-order valence-corrected chi connectivity index (χ1v) is 15.1. The zero-order valence-electron chi connectivity index (χ0n) is 22.6. The molecule has 4 aromatic rings. The minimum atomic E-state index is -3.78. The number of carbonyl (C=O) groups excluding carboxylic acids is 1. The van der Waals surface area contributed by atoms with Crippen LogP contribution in [0.1, 0.15) is 40.7 Å². The molecule has 6 rings (SSSR count). The first-order valence-electron chi connectivity index (χ1n) is 13.7. The van der Waals surface area contributed by atoms with Gasteiger partial charge < -0.3 is 9.32 Å². The van der Waals surface area contributed by atoms with Crippen molar-refractivity contribution in [3.8, 4) is 0 Å². The largest absolute Gasteiger partial charge is 0.423 e. The Labute approximate surface area is 237 Å². The summed E-state index contributed by atoms with van der Waals surface area (Å²) in [7, 11) is -1.75. The van der Waals surface area contributed by atoms with Crippen molar-refractivity contribution in [3.05, 3.63) is 89.0 Å². The summed E-state index contributed by atoms with van der Waals surface area (Å²) in [5.74, 6) is -2.17. The summed E-state index contributed by atoms with van der Waals surface area (Å²) in [5, 5.41) is 0. The summed E-state index contributed by atoms with van der Waals surface area (Å²) in [6, 6.07) is 15.4. The number of hydrogen-bond acceptors (Lipinski definition) is 6. The zero-order valence-corrected chi connectivity index (χ0v) is 23.4. The van der Waals surface area contributed by atoms with Crippen molar-refractivity contribution in [3.63, 3.8) is 0 Å². The fraction of sp³-hybridized carbons (Fsp3) is 0.333. The molecule has 3 heterocycles. The van der Waals surface area contributed by atoms with E-state index in [1.165, 1.54) is 33.5 Å². The second kappa shape index (κ2) is 11.0. The normalized spacial score (nSPS) is 18.1. The third-order valence-electron chi connectivity index (χ3n) is 8.07. The van der Waals surface area contributed by atoms with E-state index in [2.05, 4.69) is 9.88 Å². The zero-order chi connectivity index (χ0) is 28.7. The first kappa shape index (κ1) is 27.5. The van der Waals surface area contributed by atoms with Gasteiger partial charge in [-0.15, -0.1) is 0 Å². The van der Waals surface area contributed by atoms with Crippen molar-refractivity contribution in [1.29, 1.82) is 0 Å². The van der Waals surface area contributed by atoms with Gasteiger partial charge in [0.1, 0.15) is 11.3 Å². The van der Waals surface area contributed by atoms with Gasteiger partial charge in [0.2, 0.25) is 10.0 Å². The van der Waals surface area contributed by atoms with Crippen molar-refractivity contribution in [2.45, 2.75) is 43.2 Å². The van der Waals surface area contributed by atoms with E-state index in [9.17, 15) is 22.0 Å². The highest BCUT2D eigenvalue weighted by molar-refractivity contribution is 7.89. The number of sulfonamides is 1. The molecule has 2 aliphatic rings. The lowest BCUT2D eigenvalue weighted by atomic mass is 10.0. The van der Waals surface area contributed by atoms with E-state index in [1.54, 1.807) is 0 Å². The molecule has 8 nitrogen and oxygen atoms in total. The van der Waals surface area contributed by atoms with Crippen LogP contribution in [0, 0.1) is 11.6 Å². The van der Waals surface area contributed by atoms with Crippen molar-refractivity contribution < 1.29 is 26.4 Å². The number of halogens is 2. The third-order valence-corrected chi connectivity index (χ3v) is 9.93. The average molecular weight is 581 g/mol. The number of carbonyl (C=O) groups is 1. The fourth-order valence-corrected chi connectivity index (χ4v) is 7.14. The molecular weight excluding hydrogens is 550 g/mol. The number of amides is 1. The lowest BCUT2D eigenvalue weighted by molar-refractivity contribution is 0.0979. The first-order chi connectivity index (χ1) is 19.7. The Morgan fingerprint density at radius 3 is 2.56 bits per heavy atom. The van der Waals surface area contributed by atoms with Crippen LogP contribution in [0.3, 0.4) is 0 Å². The number of nitrogens with zero attached hydrogens (tertiary/aromatic N) is 4. The van der Waals surface area contributed by atoms with Crippen LogP contribution in [0.15, 0.2) is 70.0 Å². The molecule has 1 fully saturated rings. The molecule has 0 spiro atoms. The van der Waals surface area contributed by atoms with Crippen LogP contribution in [0.5, 0.6) is 0 Å². The van der Waals surface area contributed by atoms with E-state index in [0.29, 0.717) is 25.5 Å². The Balaban J connectivity index is 1.27. The van der Waals surface area contributed by atoms with Gasteiger partial charge in [-0.3, -0.25) is 9.69 Å². The molecule has 0 bridgehead atoms. The molecule has 214 valence electrons. The van der Waals surface area contributed by atoms with E-state index in [0.717, 1.165) is 36.6 Å². The Morgan fingerprint density at radius 1 is 1.07 bits per heavy atom. The van der Waals surface area contributed by atoms with Gasteiger partial charge in [-0.05, 0) is 74.7 Å². The number of fused-ring (bicyclic) bond motifs is 2. The monoisotopic (exact) mass is 580 g/mol. The van der Waals surface area contributed by atoms with E-state index in [4.69, 9.17) is 4.42 Å². The van der Waals surface area contributed by atoms with Gasteiger partial charge in [-0.25, -0.2) is 17.2 Å². The summed E-state index contributed by atoms with van der Waals surface area (Å²) in [6.07, 6.45) is 3.30. The molecule has 1 saturated heterocycles. The van der Waals surface area contributed by atoms with Gasteiger partial charge in [0.25, 0.3) is 5.91 Å². The van der Waals surface area contributed by atoms with Crippen molar-refractivity contribution in [2.75, 3.05) is 31.6 Å². The topological polar surface area (TPSA) is 87.0 Å². The van der Waals surface area contributed by atoms with E-state index >= 15 is 0 Å². The predicted octanol–water partition coefficient (Wildman–Crippen LogP) is 4.98. The predicted molar refractivity (Wildman–Crippen MR) is 150 cm³/mol. The SMILES string of the molecule is CN1CCCC1CCN(C(=O)c1ccc(S(=O)(=O)N2CCc3ccccc3C2)cc1)c1nc2c(F)cc(F)cc2o1. The summed E-state index contributed by atoms with van der Waals surface area (Å²) < 4.78 is 62.1. The lowest BCUT2D eigenvalue weighted by Gasteiger charge is -2.28. The number of oxazole rings is 1. The van der Waals surface area contributed by atoms with Crippen molar-refractivity contribution in [2.24, 2.45) is 0 Å². The van der Waals surface area contributed by atoms with Gasteiger partial charge in [-0.2, -0.15) is 9.29 Å². The highest BCUT2D eigenvalue weighted by Crippen LogP contribution is 2.29. The van der Waals surface area contributed by atoms with E-state index < -0.39 is 27.6 Å². The molecule has 1 unspecified atom stereocenters. The van der Waals surface area contributed by atoms with Crippen LogP contribution in [0.4, 0.5) is 14.8 Å². The number of benzene rings is 3. The maximum Gasteiger partial charge on any atom is 0.305 e. The molecular formula is C30H30F2N4O4S. The third kappa shape index (κ3) is 5.37. The fourth-order valence-electron chi connectivity index (χ4n) is 5.72.